The van der Waals surface area contributed by atoms with Crippen LogP contribution in [0, 0.1) is 0 Å². The molecule has 1 fully saturated rings. The van der Waals surface area contributed by atoms with Gasteiger partial charge in [0.2, 0.25) is 6.41 Å². The van der Waals surface area contributed by atoms with Gasteiger partial charge in [-0.1, -0.05) is 13.8 Å². The van der Waals surface area contributed by atoms with E-state index in [-0.39, 0.29) is 29.8 Å². The van der Waals surface area contributed by atoms with Gasteiger partial charge in [-0.25, -0.2) is 0 Å². The molecule has 198 valence electrons. The molecule has 0 aromatic rings. The van der Waals surface area contributed by atoms with Crippen LogP contribution in [0.15, 0.2) is 0 Å². The fourth-order valence-corrected chi connectivity index (χ4v) is 3.57. The second-order valence-corrected chi connectivity index (χ2v) is 11.1. The van der Waals surface area contributed by atoms with Crippen molar-refractivity contribution in [1.82, 2.24) is 21.3 Å². The quantitative estimate of drug-likeness (QED) is 0.111. The van der Waals surface area contributed by atoms with Crippen molar-refractivity contribution in [3.05, 3.63) is 0 Å². The molecular weight excluding hydrogens is 420 g/mol. The summed E-state index contributed by atoms with van der Waals surface area (Å²) >= 11 is 0. The standard InChI is InChI=1S/C25H54N4O4/c1-9-19(28-21-22(31-21)32-24(3,4)5)13-17-26-15-11-12-16-27-18-14-20(10-2)29-23(30)33-25(6,7)8/h19-23,26-30H,9-18H2,1-8H3. The highest BCUT2D eigenvalue weighted by atomic mass is 16.8. The van der Waals surface area contributed by atoms with Crippen LogP contribution in [0.25, 0.3) is 0 Å². The number of rotatable bonds is 19. The zero-order chi connectivity index (χ0) is 24.9. The number of epoxide rings is 1. The maximum Gasteiger partial charge on any atom is 0.214 e. The fourth-order valence-electron chi connectivity index (χ4n) is 3.57. The summed E-state index contributed by atoms with van der Waals surface area (Å²) in [4.78, 5) is 0. The second kappa shape index (κ2) is 15.6. The van der Waals surface area contributed by atoms with Crippen molar-refractivity contribution in [3.8, 4) is 0 Å². The van der Waals surface area contributed by atoms with Crippen LogP contribution in [0.2, 0.25) is 0 Å². The van der Waals surface area contributed by atoms with Gasteiger partial charge in [-0.05, 0) is 106 Å². The lowest BCUT2D eigenvalue weighted by Gasteiger charge is -2.27. The zero-order valence-electron chi connectivity index (χ0n) is 22.6. The lowest BCUT2D eigenvalue weighted by atomic mass is 10.1. The summed E-state index contributed by atoms with van der Waals surface area (Å²) in [6.45, 7) is 20.3. The van der Waals surface area contributed by atoms with Crippen molar-refractivity contribution in [2.45, 2.75) is 136 Å². The van der Waals surface area contributed by atoms with Crippen molar-refractivity contribution in [3.63, 3.8) is 0 Å². The number of ether oxygens (including phenoxy) is 3. The molecule has 8 heteroatoms. The Morgan fingerprint density at radius 2 is 1.36 bits per heavy atom. The van der Waals surface area contributed by atoms with Gasteiger partial charge in [-0.15, -0.1) is 0 Å². The van der Waals surface area contributed by atoms with Crippen molar-refractivity contribution in [1.29, 1.82) is 0 Å². The minimum absolute atomic E-state index is 0.0389. The number of nitrogens with one attached hydrogen (secondary N) is 4. The van der Waals surface area contributed by atoms with Gasteiger partial charge >= 0.3 is 0 Å². The van der Waals surface area contributed by atoms with E-state index in [2.05, 4.69) is 55.9 Å². The van der Waals surface area contributed by atoms with Gasteiger partial charge in [-0.2, -0.15) is 0 Å². The van der Waals surface area contributed by atoms with Gasteiger partial charge in [0.05, 0.1) is 11.2 Å². The number of unbranched alkanes of at least 4 members (excludes halogenated alkanes) is 1. The number of aliphatic hydroxyl groups is 1. The first-order chi connectivity index (χ1) is 15.4. The number of hydrogen-bond acceptors (Lipinski definition) is 8. The summed E-state index contributed by atoms with van der Waals surface area (Å²) in [7, 11) is 0. The van der Waals surface area contributed by atoms with E-state index in [1.165, 1.54) is 0 Å². The smallest absolute Gasteiger partial charge is 0.214 e. The Morgan fingerprint density at radius 3 is 1.85 bits per heavy atom. The molecule has 0 spiro atoms. The molecule has 1 saturated heterocycles. The molecule has 0 amide bonds. The Hall–Kier alpha value is -0.320. The lowest BCUT2D eigenvalue weighted by molar-refractivity contribution is -0.185. The van der Waals surface area contributed by atoms with Crippen LogP contribution < -0.4 is 21.3 Å². The predicted octanol–water partition coefficient (Wildman–Crippen LogP) is 3.05. The van der Waals surface area contributed by atoms with Gasteiger partial charge in [0, 0.05) is 12.1 Å². The number of aliphatic hydroxyl groups excluding tert-OH is 1. The Morgan fingerprint density at radius 1 is 0.818 bits per heavy atom. The highest BCUT2D eigenvalue weighted by Crippen LogP contribution is 2.27. The van der Waals surface area contributed by atoms with Gasteiger partial charge in [-0.3, -0.25) is 10.6 Å². The molecular formula is C25H54N4O4. The molecule has 33 heavy (non-hydrogen) atoms. The van der Waals surface area contributed by atoms with Crippen LogP contribution in [0.3, 0.4) is 0 Å². The van der Waals surface area contributed by atoms with Crippen LogP contribution in [-0.4, -0.2) is 73.5 Å². The van der Waals surface area contributed by atoms with E-state index in [0.29, 0.717) is 6.04 Å². The average molecular weight is 475 g/mol. The molecule has 0 aromatic heterocycles. The van der Waals surface area contributed by atoms with E-state index in [0.717, 1.165) is 64.7 Å². The first kappa shape index (κ1) is 30.7. The number of hydrogen-bond donors (Lipinski definition) is 5. The highest BCUT2D eigenvalue weighted by Gasteiger charge is 2.43. The molecule has 1 heterocycles. The van der Waals surface area contributed by atoms with Gasteiger partial charge in [0.25, 0.3) is 0 Å². The third-order valence-electron chi connectivity index (χ3n) is 5.45. The molecule has 1 aliphatic rings. The van der Waals surface area contributed by atoms with Crippen LogP contribution in [-0.2, 0) is 14.2 Å². The average Bonchev–Trinajstić information content (AvgIpc) is 3.40. The summed E-state index contributed by atoms with van der Waals surface area (Å²) < 4.78 is 17.0. The van der Waals surface area contributed by atoms with E-state index in [4.69, 9.17) is 14.2 Å². The third-order valence-corrected chi connectivity index (χ3v) is 5.45. The Kier molecular flexibility index (Phi) is 14.5. The minimum atomic E-state index is -0.918. The van der Waals surface area contributed by atoms with Gasteiger partial charge < -0.3 is 30.0 Å². The molecule has 0 bridgehead atoms. The highest BCUT2D eigenvalue weighted by molar-refractivity contribution is 4.81. The second-order valence-electron chi connectivity index (χ2n) is 11.1. The minimum Gasteiger partial charge on any atom is -0.356 e. The summed E-state index contributed by atoms with van der Waals surface area (Å²) in [6.07, 6.45) is 5.44. The Bertz CT molecular complexity index is 496. The van der Waals surface area contributed by atoms with Gasteiger partial charge in [0.15, 0.2) is 12.5 Å². The largest absolute Gasteiger partial charge is 0.356 e. The lowest BCUT2D eigenvalue weighted by Crippen LogP contribution is -2.44. The summed E-state index contributed by atoms with van der Waals surface area (Å²) in [6, 6.07) is 0.693. The van der Waals surface area contributed by atoms with Crippen molar-refractivity contribution < 1.29 is 19.3 Å². The third kappa shape index (κ3) is 16.9. The Balaban J connectivity index is 1.97. The van der Waals surface area contributed by atoms with Crippen LogP contribution in [0.1, 0.15) is 93.9 Å². The molecule has 5 unspecified atom stereocenters. The van der Waals surface area contributed by atoms with Crippen molar-refractivity contribution in [2.75, 3.05) is 26.2 Å². The maximum absolute atomic E-state index is 10.0. The molecule has 0 aliphatic carbocycles. The first-order valence-electron chi connectivity index (χ1n) is 13.1. The monoisotopic (exact) mass is 474 g/mol. The van der Waals surface area contributed by atoms with E-state index in [9.17, 15) is 5.11 Å². The summed E-state index contributed by atoms with van der Waals surface area (Å²) in [5.74, 6) is 0. The molecule has 5 atom stereocenters. The molecule has 1 rings (SSSR count). The Labute approximate surface area is 203 Å². The zero-order valence-corrected chi connectivity index (χ0v) is 22.6. The summed E-state index contributed by atoms with van der Waals surface area (Å²) in [5, 5.41) is 23.8. The molecule has 5 N–H and O–H groups in total. The van der Waals surface area contributed by atoms with E-state index in [1.54, 1.807) is 0 Å². The normalized spacial score (nSPS) is 21.7. The first-order valence-corrected chi connectivity index (χ1v) is 13.1. The van der Waals surface area contributed by atoms with E-state index >= 15 is 0 Å². The van der Waals surface area contributed by atoms with Crippen LogP contribution in [0.4, 0.5) is 0 Å². The van der Waals surface area contributed by atoms with Crippen molar-refractivity contribution >= 4 is 0 Å². The van der Waals surface area contributed by atoms with E-state index in [1.807, 2.05) is 20.8 Å². The van der Waals surface area contributed by atoms with Gasteiger partial charge in [0.1, 0.15) is 0 Å². The van der Waals surface area contributed by atoms with Crippen LogP contribution >= 0.6 is 0 Å². The molecule has 0 aromatic carbocycles. The van der Waals surface area contributed by atoms with Crippen LogP contribution in [0.5, 0.6) is 0 Å². The SMILES string of the molecule is CCC(CCNCCCCNCCC(CC)NC1OC1OC(C)(C)C)NC(O)OC(C)(C)C. The topological polar surface area (TPSA) is 99.3 Å². The van der Waals surface area contributed by atoms with Crippen molar-refractivity contribution in [2.24, 2.45) is 0 Å². The molecule has 1 aliphatic heterocycles. The fraction of sp³-hybridized carbons (Fsp3) is 1.00. The molecule has 0 radical (unpaired) electrons. The maximum atomic E-state index is 10.0. The molecule has 0 saturated carbocycles. The van der Waals surface area contributed by atoms with E-state index < -0.39 is 6.41 Å². The predicted molar refractivity (Wildman–Crippen MR) is 135 cm³/mol. The summed E-state index contributed by atoms with van der Waals surface area (Å²) in [5.41, 5.74) is -0.530. The molecule has 8 nitrogen and oxygen atoms in total.